The molecule has 8 nitrogen and oxygen atoms in total. The van der Waals surface area contributed by atoms with Crippen LogP contribution in [-0.4, -0.2) is 20.2 Å². The molecular weight excluding hydrogens is 409 g/mol. The van der Waals surface area contributed by atoms with Crippen LogP contribution in [0.5, 0.6) is 0 Å². The van der Waals surface area contributed by atoms with Crippen LogP contribution in [0, 0.1) is 29.5 Å². The van der Waals surface area contributed by atoms with Crippen molar-refractivity contribution in [2.45, 2.75) is 13.5 Å². The van der Waals surface area contributed by atoms with Gasteiger partial charge in [0.15, 0.2) is 0 Å². The van der Waals surface area contributed by atoms with E-state index < -0.39 is 11.5 Å². The van der Waals surface area contributed by atoms with E-state index in [2.05, 4.69) is 15.3 Å². The Bertz CT molecular complexity index is 1470. The third kappa shape index (κ3) is 3.54. The van der Waals surface area contributed by atoms with Gasteiger partial charge >= 0.3 is 0 Å². The summed E-state index contributed by atoms with van der Waals surface area (Å²) in [7, 11) is 0. The van der Waals surface area contributed by atoms with E-state index in [0.29, 0.717) is 16.5 Å². The molecule has 4 N–H and O–H groups in total. The van der Waals surface area contributed by atoms with Crippen molar-refractivity contribution in [3.63, 3.8) is 0 Å². The molecule has 0 radical (unpaired) electrons. The van der Waals surface area contributed by atoms with Gasteiger partial charge in [0.2, 0.25) is 0 Å². The number of pyridine rings is 1. The maximum Gasteiger partial charge on any atom is 0.263 e. The summed E-state index contributed by atoms with van der Waals surface area (Å²) >= 11 is 0. The van der Waals surface area contributed by atoms with E-state index in [1.807, 2.05) is 25.1 Å². The molecule has 0 amide bonds. The lowest BCUT2D eigenvalue weighted by atomic mass is 10.1. The molecule has 0 unspecified atom stereocenters. The maximum atomic E-state index is 14.7. The average molecular weight is 427 g/mol. The minimum absolute atomic E-state index is 0.0188. The molecule has 4 aromatic rings. The Balaban J connectivity index is 1.89. The number of para-hydroxylation sites is 1. The third-order valence-corrected chi connectivity index (χ3v) is 5.10. The smallest absolute Gasteiger partial charge is 0.263 e. The number of nitrogens with one attached hydrogen (secondary N) is 2. The first-order chi connectivity index (χ1) is 15.4. The summed E-state index contributed by atoms with van der Waals surface area (Å²) in [6, 6.07) is 15.0. The van der Waals surface area contributed by atoms with E-state index in [0.717, 1.165) is 5.56 Å². The summed E-state index contributed by atoms with van der Waals surface area (Å²) < 4.78 is 16.0. The standard InChI is InChI=1S/C23H18FN7O/c1-13-5-4-6-14-9-15(11-28-22-20(17(26)10-25)21(27)29-12-30-22)31(23(32)19(13)14)18-8-3-2-7-16(18)24/h2-9,12,26H,11H2,1H3,(H3,27,28,29,30). The van der Waals surface area contributed by atoms with Gasteiger partial charge in [0, 0.05) is 5.69 Å². The molecule has 0 saturated heterocycles. The highest BCUT2D eigenvalue weighted by Gasteiger charge is 2.18. The molecule has 0 aliphatic carbocycles. The van der Waals surface area contributed by atoms with Crippen molar-refractivity contribution in [1.82, 2.24) is 14.5 Å². The molecule has 0 atom stereocenters. The van der Waals surface area contributed by atoms with Crippen molar-refractivity contribution >= 4 is 28.1 Å². The van der Waals surface area contributed by atoms with Gasteiger partial charge in [-0.05, 0) is 36.1 Å². The number of aryl methyl sites for hydroxylation is 1. The van der Waals surface area contributed by atoms with E-state index >= 15 is 0 Å². The first-order valence-corrected chi connectivity index (χ1v) is 9.65. The molecule has 0 aliphatic rings. The Morgan fingerprint density at radius 3 is 2.78 bits per heavy atom. The number of hydrogen-bond donors (Lipinski definition) is 3. The monoisotopic (exact) mass is 427 g/mol. The van der Waals surface area contributed by atoms with Gasteiger partial charge in [0.1, 0.15) is 35.6 Å². The van der Waals surface area contributed by atoms with Crippen LogP contribution in [0.2, 0.25) is 0 Å². The van der Waals surface area contributed by atoms with Crippen molar-refractivity contribution in [2.75, 3.05) is 11.1 Å². The Kier molecular flexibility index (Phi) is 5.35. The molecule has 158 valence electrons. The Labute approximate surface area is 182 Å². The van der Waals surface area contributed by atoms with Crippen LogP contribution in [0.15, 0.2) is 59.7 Å². The zero-order valence-corrected chi connectivity index (χ0v) is 17.1. The lowest BCUT2D eigenvalue weighted by molar-refractivity contribution is 0.614. The summed E-state index contributed by atoms with van der Waals surface area (Å²) in [6.07, 6.45) is 1.21. The number of benzene rings is 2. The Morgan fingerprint density at radius 2 is 2.03 bits per heavy atom. The maximum absolute atomic E-state index is 14.7. The van der Waals surface area contributed by atoms with Gasteiger partial charge in [-0.1, -0.05) is 30.3 Å². The minimum Gasteiger partial charge on any atom is -0.383 e. The van der Waals surface area contributed by atoms with Crippen molar-refractivity contribution in [3.05, 3.63) is 87.9 Å². The van der Waals surface area contributed by atoms with Crippen molar-refractivity contribution < 1.29 is 4.39 Å². The Morgan fingerprint density at radius 1 is 1.25 bits per heavy atom. The molecular formula is C23H18FN7O. The summed E-state index contributed by atoms with van der Waals surface area (Å²) in [6.45, 7) is 1.88. The van der Waals surface area contributed by atoms with Gasteiger partial charge in [-0.15, -0.1) is 0 Å². The predicted molar refractivity (Wildman–Crippen MR) is 120 cm³/mol. The molecule has 2 aromatic heterocycles. The van der Waals surface area contributed by atoms with Gasteiger partial charge in [-0.3, -0.25) is 14.8 Å². The van der Waals surface area contributed by atoms with E-state index in [9.17, 15) is 9.18 Å². The van der Waals surface area contributed by atoms with Crippen LogP contribution in [0.4, 0.5) is 16.0 Å². The topological polar surface area (TPSA) is 133 Å². The fourth-order valence-electron chi connectivity index (χ4n) is 3.63. The second-order valence-corrected chi connectivity index (χ2v) is 7.09. The fourth-order valence-corrected chi connectivity index (χ4v) is 3.63. The first kappa shape index (κ1) is 20.7. The second-order valence-electron chi connectivity index (χ2n) is 7.09. The molecule has 0 bridgehead atoms. The van der Waals surface area contributed by atoms with Crippen molar-refractivity contribution in [1.29, 1.82) is 10.7 Å². The normalized spacial score (nSPS) is 10.7. The third-order valence-electron chi connectivity index (χ3n) is 5.10. The van der Waals surface area contributed by atoms with Gasteiger partial charge < -0.3 is 11.1 Å². The van der Waals surface area contributed by atoms with E-state index in [-0.39, 0.29) is 35.0 Å². The van der Waals surface area contributed by atoms with Crippen LogP contribution >= 0.6 is 0 Å². The average Bonchev–Trinajstić information content (AvgIpc) is 2.78. The molecule has 0 fully saturated rings. The highest BCUT2D eigenvalue weighted by atomic mass is 19.1. The number of aromatic nitrogens is 3. The van der Waals surface area contributed by atoms with Crippen molar-refractivity contribution in [3.8, 4) is 11.8 Å². The molecule has 2 aromatic carbocycles. The number of nitriles is 1. The number of rotatable bonds is 5. The molecule has 0 saturated carbocycles. The number of nitrogen functional groups attached to an aromatic ring is 1. The molecule has 0 aliphatic heterocycles. The summed E-state index contributed by atoms with van der Waals surface area (Å²) in [5.74, 6) is -0.391. The summed E-state index contributed by atoms with van der Waals surface area (Å²) in [5.41, 5.74) is 6.51. The molecule has 32 heavy (non-hydrogen) atoms. The molecule has 9 heteroatoms. The lowest BCUT2D eigenvalue weighted by Crippen LogP contribution is -2.25. The van der Waals surface area contributed by atoms with E-state index in [1.54, 1.807) is 24.3 Å². The van der Waals surface area contributed by atoms with Gasteiger partial charge in [-0.2, -0.15) is 5.26 Å². The van der Waals surface area contributed by atoms with E-state index in [1.165, 1.54) is 23.0 Å². The van der Waals surface area contributed by atoms with Crippen LogP contribution in [-0.2, 0) is 6.54 Å². The number of fused-ring (bicyclic) bond motifs is 1. The lowest BCUT2D eigenvalue weighted by Gasteiger charge is -2.17. The SMILES string of the molecule is Cc1cccc2cc(CNc3ncnc(N)c3C(=N)C#N)n(-c3ccccc3F)c(=O)c12. The number of nitrogens with two attached hydrogens (primary N) is 1. The van der Waals surface area contributed by atoms with Gasteiger partial charge in [0.05, 0.1) is 23.2 Å². The minimum atomic E-state index is -0.540. The summed E-state index contributed by atoms with van der Waals surface area (Å²) in [4.78, 5) is 21.4. The highest BCUT2D eigenvalue weighted by molar-refractivity contribution is 6.15. The number of halogens is 1. The number of nitrogens with zero attached hydrogens (tertiary/aromatic N) is 4. The predicted octanol–water partition coefficient (Wildman–Crippen LogP) is 3.31. The van der Waals surface area contributed by atoms with Gasteiger partial charge in [-0.25, -0.2) is 14.4 Å². The Hall–Kier alpha value is -4.58. The van der Waals surface area contributed by atoms with Crippen LogP contribution in [0.1, 0.15) is 16.8 Å². The fraction of sp³-hybridized carbons (Fsp3) is 0.0870. The zero-order chi connectivity index (χ0) is 22.8. The van der Waals surface area contributed by atoms with Crippen LogP contribution < -0.4 is 16.6 Å². The van der Waals surface area contributed by atoms with E-state index in [4.69, 9.17) is 16.4 Å². The molecule has 2 heterocycles. The highest BCUT2D eigenvalue weighted by Crippen LogP contribution is 2.23. The number of hydrogen-bond acceptors (Lipinski definition) is 7. The molecule has 0 spiro atoms. The summed E-state index contributed by atoms with van der Waals surface area (Å²) in [5, 5.41) is 21.2. The first-order valence-electron chi connectivity index (χ1n) is 9.65. The van der Waals surface area contributed by atoms with Crippen molar-refractivity contribution in [2.24, 2.45) is 0 Å². The quantitative estimate of drug-likeness (QED) is 0.419. The molecule has 4 rings (SSSR count). The zero-order valence-electron chi connectivity index (χ0n) is 17.1. The number of anilines is 2. The van der Waals surface area contributed by atoms with Crippen LogP contribution in [0.25, 0.3) is 16.5 Å². The second kappa shape index (κ2) is 8.28. The van der Waals surface area contributed by atoms with Gasteiger partial charge in [0.25, 0.3) is 5.56 Å². The van der Waals surface area contributed by atoms with Crippen LogP contribution in [0.3, 0.4) is 0 Å². The largest absolute Gasteiger partial charge is 0.383 e.